The Bertz CT molecular complexity index is 545. The molecule has 5 nitrogen and oxygen atoms in total. The Kier molecular flexibility index (Phi) is 6.02. The van der Waals surface area contributed by atoms with E-state index in [9.17, 15) is 9.90 Å². The van der Waals surface area contributed by atoms with Gasteiger partial charge in [0, 0.05) is 25.6 Å². The second kappa shape index (κ2) is 7.79. The van der Waals surface area contributed by atoms with E-state index in [1.165, 1.54) is 5.56 Å². The lowest BCUT2D eigenvalue weighted by Crippen LogP contribution is -2.41. The molecule has 0 bridgehead atoms. The average Bonchev–Trinajstić information content (AvgIpc) is 2.91. The Hall–Kier alpha value is -1.59. The van der Waals surface area contributed by atoms with Crippen molar-refractivity contribution in [2.24, 2.45) is 5.92 Å². The van der Waals surface area contributed by atoms with E-state index in [0.29, 0.717) is 19.0 Å². The van der Waals surface area contributed by atoms with Crippen LogP contribution in [-0.2, 0) is 4.79 Å². The number of hydrogen-bond acceptors (Lipinski definition) is 4. The van der Waals surface area contributed by atoms with Crippen LogP contribution in [0.25, 0.3) is 0 Å². The molecule has 0 saturated carbocycles. The lowest BCUT2D eigenvalue weighted by Gasteiger charge is -2.19. The first-order valence-corrected chi connectivity index (χ1v) is 8.32. The molecule has 128 valence electrons. The van der Waals surface area contributed by atoms with Crippen molar-refractivity contribution in [3.63, 3.8) is 0 Å². The highest BCUT2D eigenvalue weighted by Gasteiger charge is 2.26. The molecule has 1 saturated heterocycles. The van der Waals surface area contributed by atoms with Crippen molar-refractivity contribution in [2.75, 3.05) is 19.6 Å². The van der Waals surface area contributed by atoms with Gasteiger partial charge in [-0.2, -0.15) is 0 Å². The van der Waals surface area contributed by atoms with Crippen LogP contribution in [0.1, 0.15) is 37.8 Å². The summed E-state index contributed by atoms with van der Waals surface area (Å²) in [5, 5.41) is 15.7. The number of benzene rings is 1. The lowest BCUT2D eigenvalue weighted by atomic mass is 10.0. The highest BCUT2D eigenvalue weighted by Crippen LogP contribution is 2.25. The minimum Gasteiger partial charge on any atom is -0.481 e. The van der Waals surface area contributed by atoms with Gasteiger partial charge in [0.2, 0.25) is 0 Å². The van der Waals surface area contributed by atoms with Gasteiger partial charge in [-0.1, -0.05) is 26.0 Å². The molecule has 1 aromatic rings. The van der Waals surface area contributed by atoms with Gasteiger partial charge in [-0.15, -0.1) is 0 Å². The van der Waals surface area contributed by atoms with Crippen molar-refractivity contribution in [1.29, 1.82) is 0 Å². The fraction of sp³-hybridized carbons (Fsp3) is 0.611. The molecule has 0 spiro atoms. The summed E-state index contributed by atoms with van der Waals surface area (Å²) >= 11 is 0. The molecule has 3 unspecified atom stereocenters. The number of ether oxygens (including phenoxy) is 1. The number of carbonyl (C=O) groups is 1. The number of nitrogens with one attached hydrogen (secondary N) is 2. The Morgan fingerprint density at radius 3 is 2.74 bits per heavy atom. The van der Waals surface area contributed by atoms with E-state index in [1.807, 2.05) is 19.1 Å². The van der Waals surface area contributed by atoms with Crippen LogP contribution < -0.4 is 15.4 Å². The number of carbonyl (C=O) groups excluding carboxylic acids is 1. The van der Waals surface area contributed by atoms with Gasteiger partial charge in [0.25, 0.3) is 5.91 Å². The minimum absolute atomic E-state index is 0.0668. The van der Waals surface area contributed by atoms with E-state index in [2.05, 4.69) is 30.5 Å². The van der Waals surface area contributed by atoms with Gasteiger partial charge in [-0.25, -0.2) is 0 Å². The quantitative estimate of drug-likeness (QED) is 0.744. The lowest BCUT2D eigenvalue weighted by molar-refractivity contribution is -0.127. The first-order chi connectivity index (χ1) is 10.9. The molecule has 5 heteroatoms. The summed E-state index contributed by atoms with van der Waals surface area (Å²) in [6, 6.07) is 6.12. The van der Waals surface area contributed by atoms with E-state index in [4.69, 9.17) is 4.74 Å². The molecule has 1 heterocycles. The number of aliphatic hydroxyl groups is 1. The standard InChI is InChI=1S/C18H28N2O3/c1-11(2)14-6-5-12(3)17(7-14)23-13(4)18(22)20-9-15-8-19-10-16(15)21/h5-7,11,13,15-16,19,21H,8-10H2,1-4H3,(H,20,22). The van der Waals surface area contributed by atoms with Crippen molar-refractivity contribution in [3.05, 3.63) is 29.3 Å². The van der Waals surface area contributed by atoms with Crippen molar-refractivity contribution >= 4 is 5.91 Å². The third-order valence-corrected chi connectivity index (χ3v) is 4.39. The molecular weight excluding hydrogens is 292 g/mol. The van der Waals surface area contributed by atoms with Gasteiger partial charge < -0.3 is 20.5 Å². The summed E-state index contributed by atoms with van der Waals surface area (Å²) < 4.78 is 5.85. The van der Waals surface area contributed by atoms with Crippen LogP contribution in [0.3, 0.4) is 0 Å². The van der Waals surface area contributed by atoms with E-state index in [-0.39, 0.29) is 11.8 Å². The fourth-order valence-electron chi connectivity index (χ4n) is 2.65. The first-order valence-electron chi connectivity index (χ1n) is 8.32. The molecule has 3 N–H and O–H groups in total. The van der Waals surface area contributed by atoms with Gasteiger partial charge >= 0.3 is 0 Å². The molecule has 3 atom stereocenters. The fourth-order valence-corrected chi connectivity index (χ4v) is 2.65. The van der Waals surface area contributed by atoms with E-state index in [1.54, 1.807) is 6.92 Å². The highest BCUT2D eigenvalue weighted by molar-refractivity contribution is 5.80. The Balaban J connectivity index is 1.91. The van der Waals surface area contributed by atoms with Crippen LogP contribution in [-0.4, -0.2) is 42.9 Å². The van der Waals surface area contributed by atoms with Crippen LogP contribution in [0.2, 0.25) is 0 Å². The van der Waals surface area contributed by atoms with Gasteiger partial charge in [0.15, 0.2) is 6.10 Å². The molecule has 1 aliphatic rings. The molecule has 2 rings (SSSR count). The van der Waals surface area contributed by atoms with Crippen LogP contribution >= 0.6 is 0 Å². The molecule has 1 aliphatic heterocycles. The predicted molar refractivity (Wildman–Crippen MR) is 90.7 cm³/mol. The number of hydrogen-bond donors (Lipinski definition) is 3. The maximum absolute atomic E-state index is 12.2. The summed E-state index contributed by atoms with van der Waals surface area (Å²) in [5.74, 6) is 1.08. The van der Waals surface area contributed by atoms with Crippen molar-refractivity contribution < 1.29 is 14.6 Å². The van der Waals surface area contributed by atoms with Gasteiger partial charge in [-0.05, 0) is 37.0 Å². The largest absolute Gasteiger partial charge is 0.481 e. The summed E-state index contributed by atoms with van der Waals surface area (Å²) in [4.78, 5) is 12.2. The van der Waals surface area contributed by atoms with Gasteiger partial charge in [-0.3, -0.25) is 4.79 Å². The molecular formula is C18H28N2O3. The number of aliphatic hydroxyl groups excluding tert-OH is 1. The maximum atomic E-state index is 12.2. The van der Waals surface area contributed by atoms with Crippen LogP contribution in [0.5, 0.6) is 5.75 Å². The van der Waals surface area contributed by atoms with Crippen molar-refractivity contribution in [1.82, 2.24) is 10.6 Å². The van der Waals surface area contributed by atoms with Crippen molar-refractivity contribution in [3.8, 4) is 5.75 Å². The molecule has 1 fully saturated rings. The second-order valence-corrected chi connectivity index (χ2v) is 6.67. The number of β-amino-alcohol motifs (C(OH)–C–C–N with tert-alkyl or cyclic N) is 1. The zero-order valence-electron chi connectivity index (χ0n) is 14.4. The maximum Gasteiger partial charge on any atom is 0.260 e. The van der Waals surface area contributed by atoms with E-state index in [0.717, 1.165) is 17.9 Å². The van der Waals surface area contributed by atoms with Gasteiger partial charge in [0.05, 0.1) is 6.10 Å². The Morgan fingerprint density at radius 1 is 1.39 bits per heavy atom. The zero-order valence-corrected chi connectivity index (χ0v) is 14.4. The monoisotopic (exact) mass is 320 g/mol. The molecule has 1 aromatic carbocycles. The number of aryl methyl sites for hydroxylation is 1. The predicted octanol–water partition coefficient (Wildman–Crippen LogP) is 1.58. The third-order valence-electron chi connectivity index (χ3n) is 4.39. The second-order valence-electron chi connectivity index (χ2n) is 6.67. The van der Waals surface area contributed by atoms with E-state index >= 15 is 0 Å². The molecule has 1 amide bonds. The van der Waals surface area contributed by atoms with E-state index < -0.39 is 12.2 Å². The summed E-state index contributed by atoms with van der Waals surface area (Å²) in [5.41, 5.74) is 2.21. The minimum atomic E-state index is -0.567. The zero-order chi connectivity index (χ0) is 17.0. The first kappa shape index (κ1) is 17.8. The smallest absolute Gasteiger partial charge is 0.260 e. The normalized spacial score (nSPS) is 22.2. The Morgan fingerprint density at radius 2 is 2.13 bits per heavy atom. The highest BCUT2D eigenvalue weighted by atomic mass is 16.5. The molecule has 0 aliphatic carbocycles. The van der Waals surface area contributed by atoms with Gasteiger partial charge in [0.1, 0.15) is 5.75 Å². The summed E-state index contributed by atoms with van der Waals surface area (Å²) in [6.45, 7) is 9.77. The van der Waals surface area contributed by atoms with Crippen LogP contribution in [0, 0.1) is 12.8 Å². The topological polar surface area (TPSA) is 70.6 Å². The third kappa shape index (κ3) is 4.69. The van der Waals surface area contributed by atoms with Crippen LogP contribution in [0.15, 0.2) is 18.2 Å². The SMILES string of the molecule is Cc1ccc(C(C)C)cc1OC(C)C(=O)NCC1CNCC1O. The van der Waals surface area contributed by atoms with Crippen LogP contribution in [0.4, 0.5) is 0 Å². The molecule has 23 heavy (non-hydrogen) atoms. The van der Waals surface area contributed by atoms with Crippen molar-refractivity contribution in [2.45, 2.75) is 45.8 Å². The molecule has 0 aromatic heterocycles. The average molecular weight is 320 g/mol. The number of rotatable bonds is 6. The molecule has 0 radical (unpaired) electrons. The summed E-state index contributed by atoms with van der Waals surface area (Å²) in [7, 11) is 0. The number of amides is 1. The summed E-state index contributed by atoms with van der Waals surface area (Å²) in [6.07, 6.45) is -0.959. The Labute approximate surface area is 138 Å².